The van der Waals surface area contributed by atoms with Crippen molar-refractivity contribution in [3.8, 4) is 0 Å². The average molecular weight is 155 g/mol. The number of hydrogen-bond acceptors (Lipinski definition) is 3. The molecule has 1 heterocycles. The predicted octanol–water partition coefficient (Wildman–Crippen LogP) is 1.35. The Morgan fingerprint density at radius 1 is 1.91 bits per heavy atom. The van der Waals surface area contributed by atoms with Gasteiger partial charge in [-0.25, -0.2) is 0 Å². The lowest BCUT2D eigenvalue weighted by Crippen LogP contribution is -2.15. The summed E-state index contributed by atoms with van der Waals surface area (Å²) in [6, 6.07) is 0. The highest BCUT2D eigenvalue weighted by atomic mass is 16.7. The molecule has 0 saturated carbocycles. The first-order valence-electron chi connectivity index (χ1n) is 3.71. The standard InChI is InChI=1S/C8H13NO2/c1-3-4-10-6-8-5-7(2)9-11-8/h3,8H,1,4-6H2,2H3. The number of oxime groups is 1. The summed E-state index contributed by atoms with van der Waals surface area (Å²) >= 11 is 0. The van der Waals surface area contributed by atoms with E-state index in [1.165, 1.54) is 0 Å². The van der Waals surface area contributed by atoms with E-state index in [1.807, 2.05) is 6.92 Å². The maximum Gasteiger partial charge on any atom is 0.156 e. The molecule has 1 aliphatic heterocycles. The van der Waals surface area contributed by atoms with Gasteiger partial charge in [-0.2, -0.15) is 0 Å². The zero-order valence-electron chi connectivity index (χ0n) is 6.75. The number of hydrogen-bond donors (Lipinski definition) is 0. The minimum Gasteiger partial charge on any atom is -0.390 e. The van der Waals surface area contributed by atoms with E-state index in [0.717, 1.165) is 12.1 Å². The van der Waals surface area contributed by atoms with E-state index in [9.17, 15) is 0 Å². The maximum absolute atomic E-state index is 5.20. The van der Waals surface area contributed by atoms with Crippen molar-refractivity contribution in [1.29, 1.82) is 0 Å². The molecule has 0 radical (unpaired) electrons. The van der Waals surface area contributed by atoms with Crippen LogP contribution in [0.15, 0.2) is 17.8 Å². The zero-order chi connectivity index (χ0) is 8.10. The zero-order valence-corrected chi connectivity index (χ0v) is 6.75. The maximum atomic E-state index is 5.20. The van der Waals surface area contributed by atoms with Gasteiger partial charge in [-0.15, -0.1) is 6.58 Å². The first-order valence-corrected chi connectivity index (χ1v) is 3.71. The van der Waals surface area contributed by atoms with Crippen molar-refractivity contribution in [3.63, 3.8) is 0 Å². The van der Waals surface area contributed by atoms with E-state index in [2.05, 4.69) is 11.7 Å². The Morgan fingerprint density at radius 3 is 3.27 bits per heavy atom. The van der Waals surface area contributed by atoms with Crippen molar-refractivity contribution in [2.75, 3.05) is 13.2 Å². The van der Waals surface area contributed by atoms with Crippen LogP contribution in [0.1, 0.15) is 13.3 Å². The Labute approximate surface area is 66.7 Å². The Balaban J connectivity index is 2.06. The van der Waals surface area contributed by atoms with Crippen LogP contribution in [0.2, 0.25) is 0 Å². The molecule has 0 saturated heterocycles. The quantitative estimate of drug-likeness (QED) is 0.453. The van der Waals surface area contributed by atoms with Gasteiger partial charge >= 0.3 is 0 Å². The van der Waals surface area contributed by atoms with Crippen LogP contribution in [0.3, 0.4) is 0 Å². The molecule has 0 aromatic carbocycles. The molecule has 0 aromatic rings. The fraction of sp³-hybridized carbons (Fsp3) is 0.625. The van der Waals surface area contributed by atoms with Gasteiger partial charge < -0.3 is 9.57 Å². The molecule has 3 heteroatoms. The summed E-state index contributed by atoms with van der Waals surface area (Å²) in [6.45, 7) is 6.68. The van der Waals surface area contributed by atoms with E-state index in [-0.39, 0.29) is 6.10 Å². The largest absolute Gasteiger partial charge is 0.390 e. The summed E-state index contributed by atoms with van der Waals surface area (Å²) < 4.78 is 5.20. The van der Waals surface area contributed by atoms with E-state index in [4.69, 9.17) is 9.57 Å². The number of rotatable bonds is 4. The van der Waals surface area contributed by atoms with Crippen molar-refractivity contribution in [1.82, 2.24) is 0 Å². The smallest absolute Gasteiger partial charge is 0.156 e. The molecule has 3 nitrogen and oxygen atoms in total. The Morgan fingerprint density at radius 2 is 2.73 bits per heavy atom. The molecule has 1 aliphatic rings. The Hall–Kier alpha value is -0.830. The van der Waals surface area contributed by atoms with Gasteiger partial charge in [0.25, 0.3) is 0 Å². The summed E-state index contributed by atoms with van der Waals surface area (Å²) in [4.78, 5) is 5.04. The second-order valence-electron chi connectivity index (χ2n) is 2.58. The van der Waals surface area contributed by atoms with Crippen LogP contribution in [0, 0.1) is 0 Å². The molecule has 0 amide bonds. The molecular formula is C8H13NO2. The molecular weight excluding hydrogens is 142 g/mol. The highest BCUT2D eigenvalue weighted by Gasteiger charge is 2.17. The van der Waals surface area contributed by atoms with Crippen LogP contribution in [-0.2, 0) is 9.57 Å². The van der Waals surface area contributed by atoms with Gasteiger partial charge in [0.15, 0.2) is 6.10 Å². The molecule has 0 aliphatic carbocycles. The molecule has 1 unspecified atom stereocenters. The van der Waals surface area contributed by atoms with Gasteiger partial charge in [-0.3, -0.25) is 0 Å². The van der Waals surface area contributed by atoms with Crippen molar-refractivity contribution < 1.29 is 9.57 Å². The van der Waals surface area contributed by atoms with Crippen LogP contribution in [0.5, 0.6) is 0 Å². The third-order valence-corrected chi connectivity index (χ3v) is 1.42. The summed E-state index contributed by atoms with van der Waals surface area (Å²) in [5.74, 6) is 0. The molecule has 0 aromatic heterocycles. The molecule has 0 bridgehead atoms. The first kappa shape index (κ1) is 8.27. The third-order valence-electron chi connectivity index (χ3n) is 1.42. The highest BCUT2D eigenvalue weighted by molar-refractivity contribution is 5.82. The third kappa shape index (κ3) is 2.72. The lowest BCUT2D eigenvalue weighted by Gasteiger charge is -2.06. The van der Waals surface area contributed by atoms with Crippen molar-refractivity contribution in [3.05, 3.63) is 12.7 Å². The summed E-state index contributed by atoms with van der Waals surface area (Å²) in [5.41, 5.74) is 1.04. The topological polar surface area (TPSA) is 30.8 Å². The van der Waals surface area contributed by atoms with Gasteiger partial charge in [0.2, 0.25) is 0 Å². The lowest BCUT2D eigenvalue weighted by atomic mass is 10.2. The SMILES string of the molecule is C=CCOCC1CC(C)=NO1. The van der Waals surface area contributed by atoms with Crippen LogP contribution in [0.4, 0.5) is 0 Å². The second-order valence-corrected chi connectivity index (χ2v) is 2.58. The van der Waals surface area contributed by atoms with Gasteiger partial charge in [-0.1, -0.05) is 11.2 Å². The van der Waals surface area contributed by atoms with E-state index in [1.54, 1.807) is 6.08 Å². The minimum absolute atomic E-state index is 0.120. The van der Waals surface area contributed by atoms with Crippen molar-refractivity contribution in [2.24, 2.45) is 5.16 Å². The molecule has 11 heavy (non-hydrogen) atoms. The normalized spacial score (nSPS) is 22.6. The van der Waals surface area contributed by atoms with Crippen LogP contribution >= 0.6 is 0 Å². The second kappa shape index (κ2) is 4.13. The first-order chi connectivity index (χ1) is 5.33. The molecule has 0 N–H and O–H groups in total. The highest BCUT2D eigenvalue weighted by Crippen LogP contribution is 2.09. The van der Waals surface area contributed by atoms with Gasteiger partial charge in [0.1, 0.15) is 0 Å². The van der Waals surface area contributed by atoms with Crippen molar-refractivity contribution >= 4 is 5.71 Å². The average Bonchev–Trinajstić information content (AvgIpc) is 2.37. The molecule has 62 valence electrons. The predicted molar refractivity (Wildman–Crippen MR) is 43.6 cm³/mol. The monoisotopic (exact) mass is 155 g/mol. The summed E-state index contributed by atoms with van der Waals surface area (Å²) in [5, 5.41) is 3.81. The fourth-order valence-electron chi connectivity index (χ4n) is 0.941. The van der Waals surface area contributed by atoms with Crippen LogP contribution < -0.4 is 0 Å². The van der Waals surface area contributed by atoms with Gasteiger partial charge in [0.05, 0.1) is 18.9 Å². The van der Waals surface area contributed by atoms with E-state index >= 15 is 0 Å². The Kier molecular flexibility index (Phi) is 3.11. The van der Waals surface area contributed by atoms with E-state index in [0.29, 0.717) is 13.2 Å². The Bertz CT molecular complexity index is 165. The fourth-order valence-corrected chi connectivity index (χ4v) is 0.941. The summed E-state index contributed by atoms with van der Waals surface area (Å²) in [7, 11) is 0. The molecule has 1 rings (SSSR count). The van der Waals surface area contributed by atoms with Crippen LogP contribution in [0.25, 0.3) is 0 Å². The van der Waals surface area contributed by atoms with Crippen molar-refractivity contribution in [2.45, 2.75) is 19.4 Å². The molecule has 1 atom stereocenters. The molecule has 0 fully saturated rings. The minimum atomic E-state index is 0.120. The summed E-state index contributed by atoms with van der Waals surface area (Å²) in [6.07, 6.45) is 2.73. The number of nitrogens with zero attached hydrogens (tertiary/aromatic N) is 1. The van der Waals surface area contributed by atoms with Crippen LogP contribution in [-0.4, -0.2) is 25.0 Å². The van der Waals surface area contributed by atoms with E-state index < -0.39 is 0 Å². The molecule has 0 spiro atoms. The van der Waals surface area contributed by atoms with Gasteiger partial charge in [-0.05, 0) is 6.92 Å². The lowest BCUT2D eigenvalue weighted by molar-refractivity contribution is 0.0111. The number of ether oxygens (including phenoxy) is 1. The van der Waals surface area contributed by atoms with Gasteiger partial charge in [0, 0.05) is 6.42 Å².